The maximum absolute atomic E-state index is 15.5. The summed E-state index contributed by atoms with van der Waals surface area (Å²) in [7, 11) is 10.5. The van der Waals surface area contributed by atoms with Crippen molar-refractivity contribution in [3.05, 3.63) is 129 Å². The van der Waals surface area contributed by atoms with E-state index in [4.69, 9.17) is 41.0 Å². The topological polar surface area (TPSA) is 234 Å². The number of methoxy groups -OCH3 is 2. The summed E-state index contributed by atoms with van der Waals surface area (Å²) in [4.78, 5) is 48.8. The zero-order valence-electron chi connectivity index (χ0n) is 44.7. The summed E-state index contributed by atoms with van der Waals surface area (Å²) in [6.45, 7) is 0. The van der Waals surface area contributed by atoms with Gasteiger partial charge in [0.15, 0.2) is 0 Å². The van der Waals surface area contributed by atoms with Gasteiger partial charge in [0.2, 0.25) is 0 Å². The average molecular weight is 1340 g/mol. The minimum atomic E-state index is -1.27. The number of nitrogens with zero attached hydrogens (tertiary/aromatic N) is 16. The molecule has 0 bridgehead atoms. The summed E-state index contributed by atoms with van der Waals surface area (Å²) < 4.78 is 82.5. The number of alkyl halides is 4. The number of rotatable bonds is 15. The number of nitrogen functional groups attached to an aromatic ring is 1. The quantitative estimate of drug-likeness (QED) is 0.0611. The van der Waals surface area contributed by atoms with Crippen LogP contribution in [0.25, 0.3) is 33.5 Å². The van der Waals surface area contributed by atoms with Crippen molar-refractivity contribution in [3.8, 4) is 0 Å². The second-order valence-corrected chi connectivity index (χ2v) is 27.0. The number of aliphatic imine (C=N–C) groups is 2. The van der Waals surface area contributed by atoms with Crippen molar-refractivity contribution in [2.24, 2.45) is 9.98 Å². The van der Waals surface area contributed by atoms with E-state index in [1.54, 1.807) is 36.2 Å². The molecule has 3 fully saturated rings. The third-order valence-electron chi connectivity index (χ3n) is 12.6. The molecular formula is C53H55ClF3N17O5Se3. The van der Waals surface area contributed by atoms with Crippen LogP contribution in [0.15, 0.2) is 139 Å². The second kappa shape index (κ2) is 26.8. The molecule has 22 nitrogen and oxygen atoms in total. The van der Waals surface area contributed by atoms with E-state index in [1.165, 1.54) is 52.2 Å². The number of nitrogens with two attached hydrogens (primary N) is 1. The minimum absolute atomic E-state index is 0.138. The van der Waals surface area contributed by atoms with Gasteiger partial charge in [-0.15, -0.1) is 0 Å². The van der Waals surface area contributed by atoms with Gasteiger partial charge in [0.25, 0.3) is 0 Å². The molecule has 12 rings (SSSR count). The first-order chi connectivity index (χ1) is 39.8. The van der Waals surface area contributed by atoms with Crippen LogP contribution >= 0.6 is 11.6 Å². The molecule has 0 spiro atoms. The number of halogens is 4. The predicted molar refractivity (Wildman–Crippen MR) is 307 cm³/mol. The summed E-state index contributed by atoms with van der Waals surface area (Å²) in [5, 5.41) is 0. The number of benzene rings is 3. The molecule has 0 amide bonds. The Morgan fingerprint density at radius 3 is 1.27 bits per heavy atom. The fourth-order valence-corrected chi connectivity index (χ4v) is 16.5. The first-order valence-corrected chi connectivity index (χ1v) is 31.2. The molecule has 9 heterocycles. The SMILES string of the molecule is CN(C)C=Nc1ncnc2c1ncn2[C@@H]1O[C@H](Cl)[C@@H]([Se]c2ccccc2)[C@@H]1F.CO[C@H]1O[C@@H](n2cnc3c(N)ncnc32)[C@@H](F)[C@@H]1[Se]c1ccccc1.CO[C@H]1O[C@@H](n2cnc3c(N=CN(C)C)ncnc32)[C@@H](F)[C@@H]1[Se]c1ccccc1. The molecule has 3 aliphatic rings. The molecule has 9 aromatic rings. The van der Waals surface area contributed by atoms with E-state index in [0.717, 1.165) is 13.4 Å². The number of fused-ring (bicyclic) bond motifs is 3. The molecule has 0 saturated carbocycles. The standard InChI is InChI=1S/C19H21FN6O2Se.C18H18ClFN6OSe.C16H16FN5O2Se/c1-25(2)10-24-16-14-17(22-9-21-16)26(11-23-14)18-13(20)15(19(27-3)28-18)29-12-7-5-4-6-8-12;1-25(2)9-24-16-13-17(22-8-21-16)26(10-23-13)18-12(20)14(15(19)27-18)28-11-6-4-3-5-7-11;1-23-16-12(25-9-5-3-2-4-6-9)10(17)15(24-16)22-8-21-11-13(18)19-7-20-14(11)22/h4-11,13,15,18-19H,1-3H3;3-10,12,14-15,18H,1-2H3;2-8,10,12,15-16H,1H3,(H2,18,19,20)/t13-,15-,18+,19-;12-,14-,15-,18+;10-,12-,15+,16-/m000/s1. The molecule has 29 heteroatoms. The fourth-order valence-electron chi connectivity index (χ4n) is 8.80. The molecule has 2 N–H and O–H groups in total. The zero-order valence-corrected chi connectivity index (χ0v) is 50.6. The van der Waals surface area contributed by atoms with Gasteiger partial charge in [0.05, 0.1) is 0 Å². The van der Waals surface area contributed by atoms with Gasteiger partial charge in [-0.25, -0.2) is 0 Å². The summed E-state index contributed by atoms with van der Waals surface area (Å²) in [6.07, 6.45) is 4.20. The Balaban J connectivity index is 0.000000138. The van der Waals surface area contributed by atoms with E-state index in [2.05, 4.69) is 54.8 Å². The van der Waals surface area contributed by atoms with Crippen molar-refractivity contribution < 1.29 is 36.9 Å². The van der Waals surface area contributed by atoms with Crippen molar-refractivity contribution in [2.75, 3.05) is 48.1 Å². The van der Waals surface area contributed by atoms with Gasteiger partial charge in [-0.2, -0.15) is 0 Å². The number of hydrogen-bond acceptors (Lipinski definition) is 17. The summed E-state index contributed by atoms with van der Waals surface area (Å²) in [6, 6.07) is 29.5. The van der Waals surface area contributed by atoms with Crippen LogP contribution in [-0.2, 0) is 23.7 Å². The molecule has 3 aliphatic heterocycles. The molecule has 82 heavy (non-hydrogen) atoms. The molecular weight excluding hydrogens is 1280 g/mol. The first kappa shape index (κ1) is 58.7. The van der Waals surface area contributed by atoms with Crippen LogP contribution in [0.1, 0.15) is 18.7 Å². The second-order valence-electron chi connectivity index (χ2n) is 18.7. The van der Waals surface area contributed by atoms with Crippen molar-refractivity contribution >= 4 is 133 Å². The first-order valence-electron chi connectivity index (χ1n) is 25.2. The molecule has 12 atom stereocenters. The van der Waals surface area contributed by atoms with E-state index in [1.807, 2.05) is 119 Å². The van der Waals surface area contributed by atoms with Gasteiger partial charge in [0, 0.05) is 0 Å². The molecule has 0 unspecified atom stereocenters. The van der Waals surface area contributed by atoms with Crippen molar-refractivity contribution in [1.82, 2.24) is 68.4 Å². The van der Waals surface area contributed by atoms with Gasteiger partial charge < -0.3 is 0 Å². The Morgan fingerprint density at radius 2 is 0.866 bits per heavy atom. The Kier molecular flexibility index (Phi) is 19.2. The van der Waals surface area contributed by atoms with Crippen LogP contribution < -0.4 is 19.1 Å². The summed E-state index contributed by atoms with van der Waals surface area (Å²) in [5.74, 6) is 1.09. The third-order valence-corrected chi connectivity index (χ3v) is 21.5. The molecule has 0 aliphatic carbocycles. The number of hydrogen-bond donors (Lipinski definition) is 1. The van der Waals surface area contributed by atoms with Crippen LogP contribution in [0.5, 0.6) is 0 Å². The monoisotopic (exact) mass is 1340 g/mol. The molecule has 428 valence electrons. The number of anilines is 1. The molecule has 6 aromatic heterocycles. The van der Waals surface area contributed by atoms with Crippen molar-refractivity contribution in [3.63, 3.8) is 0 Å². The van der Waals surface area contributed by atoms with Gasteiger partial charge in [-0.1, -0.05) is 0 Å². The van der Waals surface area contributed by atoms with E-state index < -0.39 is 60.2 Å². The van der Waals surface area contributed by atoms with E-state index in [9.17, 15) is 0 Å². The molecule has 3 aromatic carbocycles. The summed E-state index contributed by atoms with van der Waals surface area (Å²) in [5.41, 5.74) is 7.88. The third kappa shape index (κ3) is 13.0. The van der Waals surface area contributed by atoms with Crippen LogP contribution in [0, 0.1) is 0 Å². The zero-order chi connectivity index (χ0) is 57.4. The Bertz CT molecular complexity index is 3600. The van der Waals surface area contributed by atoms with Gasteiger partial charge in [0.1, 0.15) is 0 Å². The Hall–Kier alpha value is -6.51. The number of imidazole rings is 3. The molecule has 3 saturated heterocycles. The van der Waals surface area contributed by atoms with Gasteiger partial charge in [-0.3, -0.25) is 0 Å². The van der Waals surface area contributed by atoms with Gasteiger partial charge in [-0.05, 0) is 0 Å². The van der Waals surface area contributed by atoms with Crippen molar-refractivity contribution in [1.29, 1.82) is 0 Å². The van der Waals surface area contributed by atoms with Crippen LogP contribution in [0.4, 0.5) is 30.6 Å². The normalized spacial score (nSPS) is 25.2. The van der Waals surface area contributed by atoms with E-state index >= 15 is 13.2 Å². The maximum atomic E-state index is 15.5. The summed E-state index contributed by atoms with van der Waals surface area (Å²) >= 11 is 5.91. The average Bonchev–Trinajstić information content (AvgIpc) is 4.47. The van der Waals surface area contributed by atoms with Gasteiger partial charge >= 0.3 is 496 Å². The van der Waals surface area contributed by atoms with Crippen LogP contribution in [0.2, 0.25) is 14.4 Å². The fraction of sp³-hybridized carbons (Fsp3) is 0.340. The van der Waals surface area contributed by atoms with Crippen molar-refractivity contribution in [2.45, 2.75) is 69.8 Å². The van der Waals surface area contributed by atoms with Crippen LogP contribution in [0.3, 0.4) is 0 Å². The van der Waals surface area contributed by atoms with Crippen LogP contribution in [-0.4, -0.2) is 205 Å². The number of aromatic nitrogens is 12. The Labute approximate surface area is 492 Å². The predicted octanol–water partition coefficient (Wildman–Crippen LogP) is 5.07. The van der Waals surface area contributed by atoms with E-state index in [-0.39, 0.29) is 60.3 Å². The molecule has 0 radical (unpaired) electrons. The Morgan fingerprint density at radius 1 is 0.512 bits per heavy atom. The number of ether oxygens (including phenoxy) is 5. The van der Waals surface area contributed by atoms with E-state index in [0.29, 0.717) is 45.1 Å².